The largest absolute Gasteiger partial charge is 0.414 e. The molecule has 0 aliphatic rings. The van der Waals surface area contributed by atoms with E-state index in [2.05, 4.69) is 15.4 Å². The average molecular weight is 445 g/mol. The highest BCUT2D eigenvalue weighted by molar-refractivity contribution is 7.55. The summed E-state index contributed by atoms with van der Waals surface area (Å²) in [6.07, 6.45) is 0. The molecule has 4 aromatic rings. The molecular formula is C25H24N3O3P. The van der Waals surface area contributed by atoms with E-state index in [9.17, 15) is 4.57 Å². The van der Waals surface area contributed by atoms with Crippen LogP contribution in [-0.4, -0.2) is 9.97 Å². The number of rotatable bonds is 8. The Morgan fingerprint density at radius 1 is 0.750 bits per heavy atom. The van der Waals surface area contributed by atoms with Crippen LogP contribution in [0.1, 0.15) is 28.2 Å². The molecule has 4 rings (SSSR count). The lowest BCUT2D eigenvalue weighted by Gasteiger charge is -2.27. The summed E-state index contributed by atoms with van der Waals surface area (Å²) < 4.78 is 26.4. The quantitative estimate of drug-likeness (QED) is 0.247. The summed E-state index contributed by atoms with van der Waals surface area (Å²) in [5.41, 5.74) is 5.77. The third kappa shape index (κ3) is 5.22. The van der Waals surface area contributed by atoms with Gasteiger partial charge in [0.2, 0.25) is 0 Å². The van der Waals surface area contributed by atoms with E-state index < -0.39 is 13.3 Å². The van der Waals surface area contributed by atoms with E-state index in [1.54, 1.807) is 0 Å². The number of nitrogens with zero attached hydrogens (tertiary/aromatic N) is 2. The fourth-order valence-electron chi connectivity index (χ4n) is 3.42. The number of benzene rings is 3. The maximum Gasteiger partial charge on any atom is 0.414 e. The third-order valence-corrected chi connectivity index (χ3v) is 6.77. The zero-order chi connectivity index (χ0) is 22.4. The van der Waals surface area contributed by atoms with Crippen molar-refractivity contribution in [3.05, 3.63) is 120 Å². The van der Waals surface area contributed by atoms with Gasteiger partial charge in [-0.1, -0.05) is 78.9 Å². The molecule has 0 aliphatic heterocycles. The molecule has 7 heteroatoms. The van der Waals surface area contributed by atoms with Crippen LogP contribution in [0.3, 0.4) is 0 Å². The minimum atomic E-state index is -3.94. The van der Waals surface area contributed by atoms with Gasteiger partial charge < -0.3 is 4.52 Å². The van der Waals surface area contributed by atoms with Gasteiger partial charge in [0.05, 0.1) is 5.69 Å². The van der Waals surface area contributed by atoms with Gasteiger partial charge in [-0.2, -0.15) is 4.62 Å². The summed E-state index contributed by atoms with van der Waals surface area (Å²) in [4.78, 5) is 8.66. The smallest absolute Gasteiger partial charge is 0.387 e. The average Bonchev–Trinajstić information content (AvgIpc) is 2.79. The van der Waals surface area contributed by atoms with Gasteiger partial charge in [-0.15, -0.1) is 0 Å². The van der Waals surface area contributed by atoms with Crippen molar-refractivity contribution < 1.29 is 13.7 Å². The van der Waals surface area contributed by atoms with E-state index in [-0.39, 0.29) is 6.01 Å². The lowest BCUT2D eigenvalue weighted by atomic mass is 10.0. The highest BCUT2D eigenvalue weighted by Crippen LogP contribution is 2.62. The van der Waals surface area contributed by atoms with Crippen LogP contribution >= 0.6 is 7.60 Å². The maximum absolute atomic E-state index is 14.5. The van der Waals surface area contributed by atoms with Crippen LogP contribution in [0.5, 0.6) is 6.01 Å². The summed E-state index contributed by atoms with van der Waals surface area (Å²) in [7, 11) is -3.94. The lowest BCUT2D eigenvalue weighted by Crippen LogP contribution is -2.14. The fourth-order valence-corrected chi connectivity index (χ4v) is 5.29. The zero-order valence-corrected chi connectivity index (χ0v) is 18.8. The van der Waals surface area contributed by atoms with Crippen molar-refractivity contribution >= 4 is 13.3 Å². The van der Waals surface area contributed by atoms with Crippen LogP contribution in [0.2, 0.25) is 0 Å². The van der Waals surface area contributed by atoms with E-state index in [4.69, 9.17) is 9.15 Å². The first-order valence-electron chi connectivity index (χ1n) is 10.2. The lowest BCUT2D eigenvalue weighted by molar-refractivity contribution is 0.303. The highest BCUT2D eigenvalue weighted by atomic mass is 31.2. The standard InChI is InChI=1S/C25H24N3O3P/c1-19-18-20(2)27-25(26-19)30-32(29,31-28-23-16-10-5-11-17-23)24(21-12-6-3-7-13-21)22-14-8-4-9-15-22/h3-18,24,28H,1-2H3. The second-order valence-electron chi connectivity index (χ2n) is 7.35. The van der Waals surface area contributed by atoms with E-state index in [1.165, 1.54) is 0 Å². The number of nitrogens with one attached hydrogen (secondary N) is 1. The second-order valence-corrected chi connectivity index (χ2v) is 9.31. The summed E-state index contributed by atoms with van der Waals surface area (Å²) in [5, 5.41) is 0. The second kappa shape index (κ2) is 9.77. The Bertz CT molecular complexity index is 1150. The Kier molecular flexibility index (Phi) is 6.64. The molecule has 1 heterocycles. The molecular weight excluding hydrogens is 421 g/mol. The summed E-state index contributed by atoms with van der Waals surface area (Å²) in [5.74, 6) is 0. The molecule has 3 aromatic carbocycles. The SMILES string of the molecule is Cc1cc(C)nc(OP(=O)(ONc2ccccc2)C(c2ccccc2)c2ccccc2)n1. The van der Waals surface area contributed by atoms with E-state index in [1.807, 2.05) is 111 Å². The predicted molar refractivity (Wildman–Crippen MR) is 126 cm³/mol. The normalized spacial score (nSPS) is 12.8. The molecule has 0 bridgehead atoms. The van der Waals surface area contributed by atoms with Crippen LogP contribution < -0.4 is 10.0 Å². The summed E-state index contributed by atoms with van der Waals surface area (Å²) >= 11 is 0. The number of aryl methyl sites for hydroxylation is 2. The van der Waals surface area contributed by atoms with Crippen LogP contribution in [0, 0.1) is 13.8 Å². The van der Waals surface area contributed by atoms with Gasteiger partial charge in [0.25, 0.3) is 0 Å². The van der Waals surface area contributed by atoms with Gasteiger partial charge in [-0.05, 0) is 43.2 Å². The molecule has 0 amide bonds. The summed E-state index contributed by atoms with van der Waals surface area (Å²) in [6.45, 7) is 3.67. The van der Waals surface area contributed by atoms with Crippen LogP contribution in [-0.2, 0) is 9.19 Å². The Morgan fingerprint density at radius 3 is 1.72 bits per heavy atom. The molecule has 1 aromatic heterocycles. The Balaban J connectivity index is 1.80. The highest BCUT2D eigenvalue weighted by Gasteiger charge is 2.42. The van der Waals surface area contributed by atoms with Crippen molar-refractivity contribution in [2.24, 2.45) is 0 Å². The van der Waals surface area contributed by atoms with Crippen LogP contribution in [0.25, 0.3) is 0 Å². The molecule has 0 spiro atoms. The maximum atomic E-state index is 14.5. The first-order valence-corrected chi connectivity index (χ1v) is 11.9. The molecule has 1 N–H and O–H groups in total. The molecule has 162 valence electrons. The topological polar surface area (TPSA) is 73.3 Å². The number of anilines is 1. The minimum absolute atomic E-state index is 0.0116. The van der Waals surface area contributed by atoms with Crippen molar-refractivity contribution in [1.29, 1.82) is 0 Å². The van der Waals surface area contributed by atoms with Crippen LogP contribution in [0.15, 0.2) is 97.1 Å². The van der Waals surface area contributed by atoms with Crippen molar-refractivity contribution in [3.63, 3.8) is 0 Å². The Labute approximate surface area is 187 Å². The molecule has 32 heavy (non-hydrogen) atoms. The number of hydrogen-bond donors (Lipinski definition) is 1. The monoisotopic (exact) mass is 445 g/mol. The number of para-hydroxylation sites is 1. The number of hydrogen-bond acceptors (Lipinski definition) is 6. The predicted octanol–water partition coefficient (Wildman–Crippen LogP) is 6.50. The molecule has 1 atom stereocenters. The third-order valence-electron chi connectivity index (χ3n) is 4.78. The zero-order valence-electron chi connectivity index (χ0n) is 17.9. The number of aromatic nitrogens is 2. The van der Waals surface area contributed by atoms with Crippen molar-refractivity contribution in [1.82, 2.24) is 9.97 Å². The van der Waals surface area contributed by atoms with Crippen molar-refractivity contribution in [3.8, 4) is 6.01 Å². The Morgan fingerprint density at radius 2 is 1.22 bits per heavy atom. The van der Waals surface area contributed by atoms with Crippen molar-refractivity contribution in [2.75, 3.05) is 5.48 Å². The van der Waals surface area contributed by atoms with E-state index >= 15 is 0 Å². The molecule has 1 unspecified atom stereocenters. The van der Waals surface area contributed by atoms with Gasteiger partial charge in [-0.25, -0.2) is 14.5 Å². The molecule has 0 aliphatic carbocycles. The molecule has 0 saturated heterocycles. The first-order chi connectivity index (χ1) is 15.5. The van der Waals surface area contributed by atoms with Gasteiger partial charge in [0.1, 0.15) is 5.66 Å². The molecule has 6 nitrogen and oxygen atoms in total. The van der Waals surface area contributed by atoms with Gasteiger partial charge in [0.15, 0.2) is 0 Å². The molecule has 0 radical (unpaired) electrons. The van der Waals surface area contributed by atoms with Gasteiger partial charge in [0, 0.05) is 11.4 Å². The van der Waals surface area contributed by atoms with E-state index in [0.717, 1.165) is 11.1 Å². The summed E-state index contributed by atoms with van der Waals surface area (Å²) in [6, 6.07) is 30.1. The fraction of sp³-hybridized carbons (Fsp3) is 0.120. The van der Waals surface area contributed by atoms with Crippen LogP contribution in [0.4, 0.5) is 5.69 Å². The van der Waals surface area contributed by atoms with Crippen molar-refractivity contribution in [2.45, 2.75) is 19.5 Å². The minimum Gasteiger partial charge on any atom is -0.387 e. The Hall–Kier alpha value is -3.47. The van der Waals surface area contributed by atoms with Gasteiger partial charge in [-0.3, -0.25) is 5.48 Å². The molecule has 0 saturated carbocycles. The first kappa shape index (κ1) is 21.8. The van der Waals surface area contributed by atoms with E-state index in [0.29, 0.717) is 17.1 Å². The van der Waals surface area contributed by atoms with Gasteiger partial charge >= 0.3 is 13.6 Å². The molecule has 0 fully saturated rings.